The maximum atomic E-state index is 5.50. The molecule has 0 aromatic carbocycles. The zero-order valence-corrected chi connectivity index (χ0v) is 15.9. The van der Waals surface area contributed by atoms with Gasteiger partial charge in [0.2, 0.25) is 0 Å². The van der Waals surface area contributed by atoms with Crippen LogP contribution in [0, 0.1) is 5.92 Å². The lowest BCUT2D eigenvalue weighted by molar-refractivity contribution is 0.501. The second kappa shape index (κ2) is 19.0. The smallest absolute Gasteiger partial charge is 0.00773 e. The average Bonchev–Trinajstić information content (AvgIpc) is 2.50. The Morgan fingerprint density at radius 3 is 1.00 bits per heavy atom. The Balaban J connectivity index is 2.94. The minimum Gasteiger partial charge on any atom is -0.330 e. The van der Waals surface area contributed by atoms with E-state index in [2.05, 4.69) is 13.8 Å². The van der Waals surface area contributed by atoms with E-state index in [1.54, 1.807) is 0 Å². The van der Waals surface area contributed by atoms with Crippen LogP contribution in [0.25, 0.3) is 0 Å². The first kappa shape index (κ1) is 22.0. The van der Waals surface area contributed by atoms with E-state index in [1.165, 1.54) is 109 Å². The number of hydrogen-bond donors (Lipinski definition) is 1. The highest BCUT2D eigenvalue weighted by atomic mass is 14.5. The molecule has 0 saturated carbocycles. The molecule has 0 bridgehead atoms. The van der Waals surface area contributed by atoms with E-state index in [9.17, 15) is 0 Å². The maximum absolute atomic E-state index is 5.50. The first-order valence-corrected chi connectivity index (χ1v) is 10.5. The lowest BCUT2D eigenvalue weighted by Crippen LogP contribution is -1.97. The third-order valence-corrected chi connectivity index (χ3v) is 4.74. The van der Waals surface area contributed by atoms with Crippen LogP contribution in [-0.2, 0) is 0 Å². The summed E-state index contributed by atoms with van der Waals surface area (Å²) in [5.41, 5.74) is 5.50. The van der Waals surface area contributed by atoms with Crippen LogP contribution in [-0.4, -0.2) is 6.54 Å². The Bertz CT molecular complexity index is 188. The largest absolute Gasteiger partial charge is 0.330 e. The van der Waals surface area contributed by atoms with Gasteiger partial charge in [0.05, 0.1) is 0 Å². The van der Waals surface area contributed by atoms with Crippen LogP contribution in [0.4, 0.5) is 0 Å². The van der Waals surface area contributed by atoms with Gasteiger partial charge in [0, 0.05) is 0 Å². The summed E-state index contributed by atoms with van der Waals surface area (Å²) in [6.45, 7) is 5.54. The summed E-state index contributed by atoms with van der Waals surface area (Å²) in [5, 5.41) is 0. The van der Waals surface area contributed by atoms with Crippen LogP contribution in [0.2, 0.25) is 0 Å². The summed E-state index contributed by atoms with van der Waals surface area (Å²) in [5.74, 6) is 0.894. The maximum Gasteiger partial charge on any atom is -0.00773 e. The van der Waals surface area contributed by atoms with Crippen molar-refractivity contribution in [3.8, 4) is 0 Å². The molecule has 0 amide bonds. The molecule has 2 N–H and O–H groups in total. The van der Waals surface area contributed by atoms with Crippen LogP contribution < -0.4 is 5.73 Å². The molecule has 134 valence electrons. The van der Waals surface area contributed by atoms with Crippen molar-refractivity contribution >= 4 is 0 Å². The second-order valence-corrected chi connectivity index (χ2v) is 7.63. The molecular formula is C21H45N. The Kier molecular flexibility index (Phi) is 19.0. The number of unbranched alkanes of at least 4 members (excludes halogenated alkanes) is 15. The zero-order valence-electron chi connectivity index (χ0n) is 15.9. The van der Waals surface area contributed by atoms with Gasteiger partial charge in [0.1, 0.15) is 0 Å². The quantitative estimate of drug-likeness (QED) is 0.265. The van der Waals surface area contributed by atoms with E-state index in [-0.39, 0.29) is 0 Å². The van der Waals surface area contributed by atoms with E-state index in [1.807, 2.05) is 0 Å². The highest BCUT2D eigenvalue weighted by Crippen LogP contribution is 2.14. The van der Waals surface area contributed by atoms with Crippen molar-refractivity contribution in [1.29, 1.82) is 0 Å². The first-order chi connectivity index (χ1) is 10.8. The monoisotopic (exact) mass is 311 g/mol. The Morgan fingerprint density at radius 2 is 0.727 bits per heavy atom. The minimum absolute atomic E-state index is 0.873. The fourth-order valence-electron chi connectivity index (χ4n) is 3.17. The number of nitrogens with two attached hydrogens (primary N) is 1. The molecule has 0 spiro atoms. The lowest BCUT2D eigenvalue weighted by atomic mass is 10.0. The predicted octanol–water partition coefficient (Wildman–Crippen LogP) is 7.23. The van der Waals surface area contributed by atoms with Crippen LogP contribution in [0.5, 0.6) is 0 Å². The highest BCUT2D eigenvalue weighted by molar-refractivity contribution is 4.51. The standard InChI is InChI=1S/C21H45N/c1-21(2)19-17-15-13-11-9-7-5-3-4-6-8-10-12-14-16-18-20-22/h21H,3-20,22H2,1-2H3. The third kappa shape index (κ3) is 20.0. The van der Waals surface area contributed by atoms with Crippen molar-refractivity contribution in [2.24, 2.45) is 11.7 Å². The fraction of sp³-hybridized carbons (Fsp3) is 1.00. The van der Waals surface area contributed by atoms with Crippen molar-refractivity contribution in [3.63, 3.8) is 0 Å². The van der Waals surface area contributed by atoms with Crippen LogP contribution >= 0.6 is 0 Å². The Hall–Kier alpha value is -0.0400. The molecule has 0 aliphatic rings. The normalized spacial score (nSPS) is 11.5. The molecule has 1 nitrogen and oxygen atoms in total. The fourth-order valence-corrected chi connectivity index (χ4v) is 3.17. The second-order valence-electron chi connectivity index (χ2n) is 7.63. The van der Waals surface area contributed by atoms with E-state index < -0.39 is 0 Å². The van der Waals surface area contributed by atoms with E-state index in [0.717, 1.165) is 12.5 Å². The van der Waals surface area contributed by atoms with Crippen LogP contribution in [0.3, 0.4) is 0 Å². The van der Waals surface area contributed by atoms with Gasteiger partial charge in [-0.25, -0.2) is 0 Å². The SMILES string of the molecule is CC(C)CCCCCCCCCCCCCCCCCCN. The van der Waals surface area contributed by atoms with Crippen molar-refractivity contribution < 1.29 is 0 Å². The summed E-state index contributed by atoms with van der Waals surface area (Å²) >= 11 is 0. The highest BCUT2D eigenvalue weighted by Gasteiger charge is 1.96. The summed E-state index contributed by atoms with van der Waals surface area (Å²) in [4.78, 5) is 0. The van der Waals surface area contributed by atoms with Gasteiger partial charge in [0.15, 0.2) is 0 Å². The number of hydrogen-bond acceptors (Lipinski definition) is 1. The molecule has 0 fully saturated rings. The van der Waals surface area contributed by atoms with E-state index >= 15 is 0 Å². The molecule has 0 saturated heterocycles. The molecule has 0 atom stereocenters. The van der Waals surface area contributed by atoms with Crippen molar-refractivity contribution in [2.45, 2.75) is 123 Å². The van der Waals surface area contributed by atoms with Gasteiger partial charge in [-0.15, -0.1) is 0 Å². The predicted molar refractivity (Wildman–Crippen MR) is 102 cm³/mol. The zero-order chi connectivity index (χ0) is 16.3. The molecule has 22 heavy (non-hydrogen) atoms. The summed E-state index contributed by atoms with van der Waals surface area (Å²) in [7, 11) is 0. The Morgan fingerprint density at radius 1 is 0.455 bits per heavy atom. The van der Waals surface area contributed by atoms with Gasteiger partial charge in [-0.1, -0.05) is 117 Å². The van der Waals surface area contributed by atoms with E-state index in [4.69, 9.17) is 5.73 Å². The van der Waals surface area contributed by atoms with Crippen LogP contribution in [0.1, 0.15) is 123 Å². The number of rotatable bonds is 18. The molecule has 0 unspecified atom stereocenters. The van der Waals surface area contributed by atoms with Gasteiger partial charge in [-0.05, 0) is 18.9 Å². The van der Waals surface area contributed by atoms with Gasteiger partial charge in [-0.2, -0.15) is 0 Å². The molecule has 0 radical (unpaired) electrons. The third-order valence-electron chi connectivity index (χ3n) is 4.74. The minimum atomic E-state index is 0.873. The molecule has 1 heteroatoms. The molecule has 0 aliphatic heterocycles. The summed E-state index contributed by atoms with van der Waals surface area (Å²) in [6, 6.07) is 0. The molecular weight excluding hydrogens is 266 g/mol. The van der Waals surface area contributed by atoms with E-state index in [0.29, 0.717) is 0 Å². The van der Waals surface area contributed by atoms with Gasteiger partial charge >= 0.3 is 0 Å². The van der Waals surface area contributed by atoms with Crippen LogP contribution in [0.15, 0.2) is 0 Å². The summed E-state index contributed by atoms with van der Waals surface area (Å²) in [6.07, 6.45) is 24.4. The molecule has 0 rings (SSSR count). The molecule has 0 aromatic heterocycles. The Labute approximate surface area is 141 Å². The molecule has 0 aromatic rings. The lowest BCUT2D eigenvalue weighted by Gasteiger charge is -2.05. The topological polar surface area (TPSA) is 26.0 Å². The molecule has 0 heterocycles. The molecule has 0 aliphatic carbocycles. The van der Waals surface area contributed by atoms with Gasteiger partial charge in [0.25, 0.3) is 0 Å². The summed E-state index contributed by atoms with van der Waals surface area (Å²) < 4.78 is 0. The first-order valence-electron chi connectivity index (χ1n) is 10.5. The van der Waals surface area contributed by atoms with Gasteiger partial charge in [-0.3, -0.25) is 0 Å². The van der Waals surface area contributed by atoms with Crippen molar-refractivity contribution in [3.05, 3.63) is 0 Å². The van der Waals surface area contributed by atoms with Crippen molar-refractivity contribution in [1.82, 2.24) is 0 Å². The average molecular weight is 312 g/mol. The van der Waals surface area contributed by atoms with Gasteiger partial charge < -0.3 is 5.73 Å². The van der Waals surface area contributed by atoms with Crippen molar-refractivity contribution in [2.75, 3.05) is 6.54 Å².